The molecular weight excluding hydrogens is 254 g/mol. The van der Waals surface area contributed by atoms with Crippen LogP contribution in [0.5, 0.6) is 0 Å². The van der Waals surface area contributed by atoms with Crippen LogP contribution in [0.4, 0.5) is 0 Å². The van der Waals surface area contributed by atoms with Crippen molar-refractivity contribution in [2.75, 3.05) is 6.54 Å². The van der Waals surface area contributed by atoms with Crippen LogP contribution in [0, 0.1) is 12.8 Å². The lowest BCUT2D eigenvalue weighted by Crippen LogP contribution is -2.38. The van der Waals surface area contributed by atoms with E-state index in [-0.39, 0.29) is 5.54 Å². The van der Waals surface area contributed by atoms with Crippen molar-refractivity contribution in [3.8, 4) is 0 Å². The average molecular weight is 285 g/mol. The van der Waals surface area contributed by atoms with Crippen molar-refractivity contribution in [1.29, 1.82) is 0 Å². The molecule has 116 valence electrons. The lowest BCUT2D eigenvalue weighted by atomic mass is 9.82. The minimum Gasteiger partial charge on any atom is -0.308 e. The third kappa shape index (κ3) is 5.67. The van der Waals surface area contributed by atoms with E-state index in [0.29, 0.717) is 0 Å². The Morgan fingerprint density at radius 3 is 2.52 bits per heavy atom. The maximum atomic E-state index is 3.69. The fraction of sp³-hybridized carbons (Fsp3) is 0.600. The Bertz CT molecular complexity index is 473. The van der Waals surface area contributed by atoms with E-state index >= 15 is 0 Å². The third-order valence-electron chi connectivity index (χ3n) is 4.35. The molecular formula is C20H31N. The molecule has 1 fully saturated rings. The van der Waals surface area contributed by atoms with E-state index < -0.39 is 0 Å². The molecule has 0 atom stereocenters. The van der Waals surface area contributed by atoms with Gasteiger partial charge < -0.3 is 5.32 Å². The maximum absolute atomic E-state index is 3.69. The summed E-state index contributed by atoms with van der Waals surface area (Å²) in [5.74, 6) is 0.772. The highest BCUT2D eigenvalue weighted by Gasteiger charge is 2.19. The molecule has 0 radical (unpaired) electrons. The van der Waals surface area contributed by atoms with Crippen LogP contribution in [0.15, 0.2) is 29.8 Å². The first-order valence-corrected chi connectivity index (χ1v) is 8.46. The predicted octanol–water partition coefficient (Wildman–Crippen LogP) is 5.35. The Hall–Kier alpha value is -1.08. The van der Waals surface area contributed by atoms with Crippen LogP contribution in [0.3, 0.4) is 0 Å². The molecule has 0 heterocycles. The van der Waals surface area contributed by atoms with E-state index in [1.165, 1.54) is 43.2 Å². The van der Waals surface area contributed by atoms with Gasteiger partial charge in [-0.3, -0.25) is 0 Å². The molecule has 1 aliphatic carbocycles. The van der Waals surface area contributed by atoms with Crippen LogP contribution >= 0.6 is 0 Å². The molecule has 1 aromatic carbocycles. The number of hydrogen-bond donors (Lipinski definition) is 1. The van der Waals surface area contributed by atoms with Gasteiger partial charge in [0.15, 0.2) is 0 Å². The second-order valence-electron chi connectivity index (χ2n) is 7.57. The van der Waals surface area contributed by atoms with Gasteiger partial charge in [-0.1, -0.05) is 60.7 Å². The van der Waals surface area contributed by atoms with Gasteiger partial charge in [0.1, 0.15) is 0 Å². The highest BCUT2D eigenvalue weighted by atomic mass is 14.9. The predicted molar refractivity (Wildman–Crippen MR) is 93.5 cm³/mol. The van der Waals surface area contributed by atoms with Gasteiger partial charge >= 0.3 is 0 Å². The molecule has 0 aromatic heterocycles. The summed E-state index contributed by atoms with van der Waals surface area (Å²) in [5.41, 5.74) is 4.47. The van der Waals surface area contributed by atoms with Crippen molar-refractivity contribution in [3.05, 3.63) is 41.0 Å². The van der Waals surface area contributed by atoms with E-state index in [1.807, 2.05) is 0 Å². The summed E-state index contributed by atoms with van der Waals surface area (Å²) in [6, 6.07) is 8.86. The van der Waals surface area contributed by atoms with Crippen molar-refractivity contribution >= 4 is 6.08 Å². The van der Waals surface area contributed by atoms with Crippen LogP contribution in [0.25, 0.3) is 6.08 Å². The molecule has 0 aliphatic heterocycles. The van der Waals surface area contributed by atoms with Crippen LogP contribution in [-0.4, -0.2) is 12.1 Å². The minimum absolute atomic E-state index is 0.181. The Morgan fingerprint density at radius 1 is 1.19 bits per heavy atom. The zero-order valence-electron chi connectivity index (χ0n) is 14.2. The van der Waals surface area contributed by atoms with E-state index in [2.05, 4.69) is 63.4 Å². The second kappa shape index (κ2) is 7.26. The van der Waals surface area contributed by atoms with Gasteiger partial charge in [0.25, 0.3) is 0 Å². The fourth-order valence-electron chi connectivity index (χ4n) is 3.13. The maximum Gasteiger partial charge on any atom is 0.0175 e. The van der Waals surface area contributed by atoms with Crippen LogP contribution in [-0.2, 0) is 0 Å². The van der Waals surface area contributed by atoms with Crippen LogP contribution < -0.4 is 5.32 Å². The number of aryl methyl sites for hydroxylation is 1. The van der Waals surface area contributed by atoms with Gasteiger partial charge in [0, 0.05) is 12.1 Å². The highest BCUT2D eigenvalue weighted by molar-refractivity contribution is 5.54. The summed E-state index contributed by atoms with van der Waals surface area (Å²) in [6.45, 7) is 9.93. The van der Waals surface area contributed by atoms with E-state index in [0.717, 1.165) is 12.5 Å². The number of benzene rings is 1. The zero-order chi connectivity index (χ0) is 15.3. The molecule has 1 N–H and O–H groups in total. The third-order valence-corrected chi connectivity index (χ3v) is 4.35. The molecule has 0 spiro atoms. The fourth-order valence-corrected chi connectivity index (χ4v) is 3.13. The zero-order valence-corrected chi connectivity index (χ0v) is 14.2. The quantitative estimate of drug-likeness (QED) is 0.786. The van der Waals surface area contributed by atoms with E-state index in [4.69, 9.17) is 0 Å². The summed E-state index contributed by atoms with van der Waals surface area (Å²) in [6.07, 6.45) is 9.37. The first-order valence-electron chi connectivity index (χ1n) is 8.46. The molecule has 1 aliphatic rings. The van der Waals surface area contributed by atoms with Crippen molar-refractivity contribution in [2.45, 2.75) is 65.3 Å². The second-order valence-corrected chi connectivity index (χ2v) is 7.57. The van der Waals surface area contributed by atoms with Gasteiger partial charge in [-0.2, -0.15) is 0 Å². The van der Waals surface area contributed by atoms with Crippen LogP contribution in [0.1, 0.15) is 64.0 Å². The summed E-state index contributed by atoms with van der Waals surface area (Å²) in [4.78, 5) is 0. The monoisotopic (exact) mass is 285 g/mol. The van der Waals surface area contributed by atoms with Crippen molar-refractivity contribution < 1.29 is 0 Å². The molecule has 0 bridgehead atoms. The van der Waals surface area contributed by atoms with Gasteiger partial charge in [0.05, 0.1) is 0 Å². The summed E-state index contributed by atoms with van der Waals surface area (Å²) < 4.78 is 0. The molecule has 1 saturated carbocycles. The standard InChI is InChI=1S/C20H31N/c1-16-9-8-10-17(13-16)14-19(15-21-20(2,3)4)18-11-6-5-7-12-18/h8-10,13-14,18,21H,5-7,11-12,15H2,1-4H3/b19-14-. The van der Waals surface area contributed by atoms with Gasteiger partial charge in [0.2, 0.25) is 0 Å². The topological polar surface area (TPSA) is 12.0 Å². The molecule has 1 heteroatoms. The summed E-state index contributed by atoms with van der Waals surface area (Å²) >= 11 is 0. The molecule has 21 heavy (non-hydrogen) atoms. The van der Waals surface area contributed by atoms with Crippen molar-refractivity contribution in [2.24, 2.45) is 5.92 Å². The Balaban J connectivity index is 2.17. The Labute approximate surface area is 130 Å². The first kappa shape index (κ1) is 16.3. The summed E-state index contributed by atoms with van der Waals surface area (Å²) in [7, 11) is 0. The minimum atomic E-state index is 0.181. The van der Waals surface area contributed by atoms with E-state index in [1.54, 1.807) is 5.57 Å². The largest absolute Gasteiger partial charge is 0.308 e. The first-order chi connectivity index (χ1) is 9.94. The molecule has 0 saturated heterocycles. The van der Waals surface area contributed by atoms with Gasteiger partial charge in [-0.05, 0) is 52.0 Å². The van der Waals surface area contributed by atoms with Crippen molar-refractivity contribution in [1.82, 2.24) is 5.32 Å². The van der Waals surface area contributed by atoms with Gasteiger partial charge in [-0.25, -0.2) is 0 Å². The Morgan fingerprint density at radius 2 is 1.90 bits per heavy atom. The van der Waals surface area contributed by atoms with Gasteiger partial charge in [-0.15, -0.1) is 0 Å². The number of nitrogens with one attached hydrogen (secondary N) is 1. The SMILES string of the molecule is Cc1cccc(/C=C(/CNC(C)(C)C)C2CCCCC2)c1. The van der Waals surface area contributed by atoms with Crippen molar-refractivity contribution in [3.63, 3.8) is 0 Å². The highest BCUT2D eigenvalue weighted by Crippen LogP contribution is 2.31. The van der Waals surface area contributed by atoms with Crippen LogP contribution in [0.2, 0.25) is 0 Å². The lowest BCUT2D eigenvalue weighted by Gasteiger charge is -2.28. The van der Waals surface area contributed by atoms with E-state index in [9.17, 15) is 0 Å². The number of hydrogen-bond acceptors (Lipinski definition) is 1. The number of rotatable bonds is 4. The molecule has 1 nitrogen and oxygen atoms in total. The molecule has 2 rings (SSSR count). The molecule has 1 aromatic rings. The molecule has 0 amide bonds. The summed E-state index contributed by atoms with van der Waals surface area (Å²) in [5, 5.41) is 3.69. The average Bonchev–Trinajstić information content (AvgIpc) is 2.43. The Kier molecular flexibility index (Phi) is 5.64. The lowest BCUT2D eigenvalue weighted by molar-refractivity contribution is 0.378. The smallest absolute Gasteiger partial charge is 0.0175 e. The normalized spacial score (nSPS) is 18.0. The molecule has 0 unspecified atom stereocenters.